The quantitative estimate of drug-likeness (QED) is 0.735. The first-order valence-electron chi connectivity index (χ1n) is 6.06. The molecule has 0 fully saturated rings. The summed E-state index contributed by atoms with van der Waals surface area (Å²) >= 11 is 0.0562. The van der Waals surface area contributed by atoms with Gasteiger partial charge in [0.25, 0.3) is 0 Å². The SMILES string of the molecule is Cc1ccc(-c2nc(O)c(-c3ccccc3)[se]2)cc1. The van der Waals surface area contributed by atoms with E-state index in [1.165, 1.54) is 5.56 Å². The third kappa shape index (κ3) is 2.48. The second kappa shape index (κ2) is 5.04. The Hall–Kier alpha value is -1.83. The monoisotopic (exact) mass is 315 g/mol. The van der Waals surface area contributed by atoms with Crippen molar-refractivity contribution in [3.8, 4) is 26.0 Å². The molecule has 2 aromatic carbocycles. The minimum absolute atomic E-state index is 0.0562. The molecular weight excluding hydrogens is 301 g/mol. The molecule has 3 rings (SSSR count). The normalized spacial score (nSPS) is 10.6. The Morgan fingerprint density at radius 2 is 1.58 bits per heavy atom. The van der Waals surface area contributed by atoms with Gasteiger partial charge in [-0.05, 0) is 0 Å². The number of aromatic nitrogens is 1. The van der Waals surface area contributed by atoms with Crippen LogP contribution in [0.4, 0.5) is 0 Å². The van der Waals surface area contributed by atoms with E-state index in [4.69, 9.17) is 0 Å². The Labute approximate surface area is 118 Å². The van der Waals surface area contributed by atoms with Crippen molar-refractivity contribution in [3.63, 3.8) is 0 Å². The number of hydrogen-bond acceptors (Lipinski definition) is 2. The number of aromatic hydroxyl groups is 1. The van der Waals surface area contributed by atoms with Crippen molar-refractivity contribution >= 4 is 14.5 Å². The number of rotatable bonds is 2. The number of hydrogen-bond donors (Lipinski definition) is 1. The van der Waals surface area contributed by atoms with Crippen molar-refractivity contribution in [2.75, 3.05) is 0 Å². The standard InChI is InChI=1S/C16H13NOSe/c1-11-7-9-13(10-8-11)16-17-15(18)14(19-16)12-5-3-2-4-6-12/h2-10,18H,1H3. The van der Waals surface area contributed by atoms with Gasteiger partial charge in [-0.1, -0.05) is 0 Å². The van der Waals surface area contributed by atoms with E-state index >= 15 is 0 Å². The average molecular weight is 314 g/mol. The van der Waals surface area contributed by atoms with Crippen molar-refractivity contribution in [1.29, 1.82) is 0 Å². The van der Waals surface area contributed by atoms with Gasteiger partial charge in [0.15, 0.2) is 0 Å². The van der Waals surface area contributed by atoms with E-state index in [9.17, 15) is 5.11 Å². The van der Waals surface area contributed by atoms with Gasteiger partial charge in [-0.25, -0.2) is 0 Å². The predicted octanol–water partition coefficient (Wildman–Crippen LogP) is 3.49. The Kier molecular flexibility index (Phi) is 3.24. The van der Waals surface area contributed by atoms with Gasteiger partial charge in [-0.2, -0.15) is 0 Å². The number of aryl methyl sites for hydroxylation is 1. The third-order valence-corrected chi connectivity index (χ3v) is 5.34. The molecule has 0 aliphatic rings. The summed E-state index contributed by atoms with van der Waals surface area (Å²) < 4.78 is 1.95. The molecule has 1 aromatic heterocycles. The molecule has 19 heavy (non-hydrogen) atoms. The van der Waals surface area contributed by atoms with Crippen molar-refractivity contribution < 1.29 is 5.11 Å². The Balaban J connectivity index is 2.04. The fourth-order valence-electron chi connectivity index (χ4n) is 1.91. The van der Waals surface area contributed by atoms with Crippen LogP contribution in [0.5, 0.6) is 5.88 Å². The second-order valence-electron chi connectivity index (χ2n) is 4.40. The van der Waals surface area contributed by atoms with E-state index in [1.54, 1.807) is 0 Å². The molecule has 3 aromatic rings. The van der Waals surface area contributed by atoms with Crippen LogP contribution < -0.4 is 0 Å². The molecule has 0 saturated heterocycles. The molecule has 1 heterocycles. The molecule has 0 saturated carbocycles. The summed E-state index contributed by atoms with van der Waals surface area (Å²) in [6.07, 6.45) is 0. The van der Waals surface area contributed by atoms with Crippen molar-refractivity contribution in [3.05, 3.63) is 60.2 Å². The zero-order valence-corrected chi connectivity index (χ0v) is 12.2. The van der Waals surface area contributed by atoms with Crippen LogP contribution in [0.15, 0.2) is 54.6 Å². The molecule has 1 N–H and O–H groups in total. The van der Waals surface area contributed by atoms with E-state index in [2.05, 4.69) is 36.2 Å². The van der Waals surface area contributed by atoms with Crippen LogP contribution in [-0.4, -0.2) is 24.6 Å². The van der Waals surface area contributed by atoms with Crippen molar-refractivity contribution in [1.82, 2.24) is 4.98 Å². The van der Waals surface area contributed by atoms with E-state index in [-0.39, 0.29) is 20.4 Å². The van der Waals surface area contributed by atoms with E-state index in [0.717, 1.165) is 20.1 Å². The first-order chi connectivity index (χ1) is 9.24. The van der Waals surface area contributed by atoms with Gasteiger partial charge >= 0.3 is 118 Å². The summed E-state index contributed by atoms with van der Waals surface area (Å²) in [6, 6.07) is 18.3. The van der Waals surface area contributed by atoms with Crippen LogP contribution in [-0.2, 0) is 0 Å². The molecule has 0 atom stereocenters. The van der Waals surface area contributed by atoms with Crippen molar-refractivity contribution in [2.45, 2.75) is 6.92 Å². The van der Waals surface area contributed by atoms with Gasteiger partial charge in [0.2, 0.25) is 0 Å². The minimum atomic E-state index is 0.0562. The first-order valence-corrected chi connectivity index (χ1v) is 7.77. The predicted molar refractivity (Wildman–Crippen MR) is 78.5 cm³/mol. The zero-order valence-electron chi connectivity index (χ0n) is 10.5. The summed E-state index contributed by atoms with van der Waals surface area (Å²) in [5, 5.41) is 10.0. The zero-order chi connectivity index (χ0) is 13.2. The molecule has 0 radical (unpaired) electrons. The molecule has 0 bridgehead atoms. The third-order valence-electron chi connectivity index (χ3n) is 2.94. The van der Waals surface area contributed by atoms with Gasteiger partial charge in [0.1, 0.15) is 0 Å². The van der Waals surface area contributed by atoms with Crippen LogP contribution in [0.1, 0.15) is 5.56 Å². The molecule has 3 heteroatoms. The van der Waals surface area contributed by atoms with Gasteiger partial charge in [0.05, 0.1) is 0 Å². The maximum atomic E-state index is 10.0. The first kappa shape index (κ1) is 12.2. The van der Waals surface area contributed by atoms with Gasteiger partial charge in [0, 0.05) is 0 Å². The number of nitrogens with zero attached hydrogens (tertiary/aromatic N) is 1. The summed E-state index contributed by atoms with van der Waals surface area (Å²) in [4.78, 5) is 4.33. The summed E-state index contributed by atoms with van der Waals surface area (Å²) in [6.45, 7) is 2.07. The second-order valence-corrected chi connectivity index (χ2v) is 6.50. The van der Waals surface area contributed by atoms with E-state index < -0.39 is 0 Å². The summed E-state index contributed by atoms with van der Waals surface area (Å²) in [7, 11) is 0. The van der Waals surface area contributed by atoms with E-state index in [0.29, 0.717) is 0 Å². The van der Waals surface area contributed by atoms with Gasteiger partial charge < -0.3 is 0 Å². The van der Waals surface area contributed by atoms with Crippen LogP contribution in [0.2, 0.25) is 0 Å². The Morgan fingerprint density at radius 3 is 2.26 bits per heavy atom. The van der Waals surface area contributed by atoms with E-state index in [1.807, 2.05) is 30.3 Å². The average Bonchev–Trinajstić information content (AvgIpc) is 2.83. The number of benzene rings is 2. The van der Waals surface area contributed by atoms with Gasteiger partial charge in [-0.15, -0.1) is 0 Å². The molecule has 0 aliphatic heterocycles. The molecule has 0 spiro atoms. The van der Waals surface area contributed by atoms with Crippen LogP contribution in [0.3, 0.4) is 0 Å². The summed E-state index contributed by atoms with van der Waals surface area (Å²) in [5.74, 6) is 0.168. The van der Waals surface area contributed by atoms with Crippen molar-refractivity contribution in [2.24, 2.45) is 0 Å². The Morgan fingerprint density at radius 1 is 0.895 bits per heavy atom. The molecule has 0 aliphatic carbocycles. The molecule has 94 valence electrons. The van der Waals surface area contributed by atoms with Crippen LogP contribution >= 0.6 is 0 Å². The fraction of sp³-hybridized carbons (Fsp3) is 0.0625. The Bertz CT molecular complexity index is 687. The van der Waals surface area contributed by atoms with Crippen LogP contribution in [0.25, 0.3) is 20.1 Å². The topological polar surface area (TPSA) is 33.1 Å². The maximum absolute atomic E-state index is 10.0. The molecule has 0 unspecified atom stereocenters. The van der Waals surface area contributed by atoms with Gasteiger partial charge in [-0.3, -0.25) is 0 Å². The van der Waals surface area contributed by atoms with Crippen LogP contribution in [0, 0.1) is 6.92 Å². The fourth-order valence-corrected chi connectivity index (χ4v) is 3.94. The molecule has 2 nitrogen and oxygen atoms in total. The molecule has 0 amide bonds. The summed E-state index contributed by atoms with van der Waals surface area (Å²) in [5.41, 5.74) is 3.39. The molecular formula is C16H13NOSe.